The average Bonchev–Trinajstić information content (AvgIpc) is 2.41. The zero-order valence-electron chi connectivity index (χ0n) is 11.3. The van der Waals surface area contributed by atoms with Gasteiger partial charge in [-0.15, -0.1) is 0 Å². The van der Waals surface area contributed by atoms with Gasteiger partial charge >= 0.3 is 0 Å². The molecule has 0 aliphatic heterocycles. The maximum Gasteiger partial charge on any atom is 0.159 e. The molecule has 0 heterocycles. The molecule has 19 heavy (non-hydrogen) atoms. The van der Waals surface area contributed by atoms with E-state index in [0.717, 1.165) is 37.8 Å². The molecule has 4 heteroatoms. The Morgan fingerprint density at radius 3 is 2.68 bits per heavy atom. The number of hydrogen-bond donors (Lipinski definition) is 1. The summed E-state index contributed by atoms with van der Waals surface area (Å²) in [6.45, 7) is 2.12. The molecule has 0 spiro atoms. The molecule has 1 aliphatic rings. The number of halogens is 2. The number of ether oxygens (including phenoxy) is 1. The third kappa shape index (κ3) is 2.79. The van der Waals surface area contributed by atoms with Crippen LogP contribution in [0.15, 0.2) is 18.2 Å². The van der Waals surface area contributed by atoms with E-state index >= 15 is 0 Å². The maximum absolute atomic E-state index is 13.3. The van der Waals surface area contributed by atoms with Crippen LogP contribution < -0.4 is 0 Å². The molecule has 1 aromatic rings. The maximum atomic E-state index is 13.3. The molecule has 0 saturated heterocycles. The summed E-state index contributed by atoms with van der Waals surface area (Å²) < 4.78 is 31.8. The van der Waals surface area contributed by atoms with Crippen molar-refractivity contribution in [2.45, 2.75) is 44.3 Å². The molecule has 0 aromatic heterocycles. The predicted octanol–water partition coefficient (Wildman–Crippen LogP) is 3.59. The Morgan fingerprint density at radius 2 is 2.11 bits per heavy atom. The topological polar surface area (TPSA) is 29.5 Å². The summed E-state index contributed by atoms with van der Waals surface area (Å²) in [5.74, 6) is -1.39. The molecule has 2 rings (SSSR count). The van der Waals surface area contributed by atoms with E-state index in [0.29, 0.717) is 11.5 Å². The van der Waals surface area contributed by atoms with E-state index < -0.39 is 23.3 Å². The molecular weight excluding hydrogens is 250 g/mol. The highest BCUT2D eigenvalue weighted by Gasteiger charge is 2.42. The van der Waals surface area contributed by atoms with Gasteiger partial charge in [0.05, 0.1) is 5.60 Å². The van der Waals surface area contributed by atoms with Gasteiger partial charge in [0.15, 0.2) is 11.6 Å². The first kappa shape index (κ1) is 14.4. The van der Waals surface area contributed by atoms with Crippen LogP contribution >= 0.6 is 0 Å². The highest BCUT2D eigenvalue weighted by atomic mass is 19.2. The lowest BCUT2D eigenvalue weighted by atomic mass is 9.74. The van der Waals surface area contributed by atoms with Gasteiger partial charge in [0.2, 0.25) is 0 Å². The van der Waals surface area contributed by atoms with E-state index in [-0.39, 0.29) is 0 Å². The third-order valence-corrected chi connectivity index (χ3v) is 4.16. The Balaban J connectivity index is 2.29. The van der Waals surface area contributed by atoms with Crippen LogP contribution in [-0.4, -0.2) is 17.8 Å². The minimum absolute atomic E-state index is 0.370. The summed E-state index contributed by atoms with van der Waals surface area (Å²) in [5.41, 5.74) is -0.322. The minimum Gasteiger partial charge on any atom is -0.385 e. The normalized spacial score (nSPS) is 29.2. The van der Waals surface area contributed by atoms with Crippen molar-refractivity contribution >= 4 is 0 Å². The Bertz CT molecular complexity index is 450. The van der Waals surface area contributed by atoms with Crippen LogP contribution in [-0.2, 0) is 4.74 Å². The summed E-state index contributed by atoms with van der Waals surface area (Å²) in [4.78, 5) is 0. The molecule has 3 unspecified atom stereocenters. The molecule has 1 aromatic carbocycles. The number of methoxy groups -OCH3 is 1. The standard InChI is InChI=1S/C15H20F2O2/c1-10-4-3-7-15(9-10,19-2)14(18)11-5-6-12(16)13(17)8-11/h5-6,8,10,14,18H,3-4,7,9H2,1-2H3. The van der Waals surface area contributed by atoms with Gasteiger partial charge in [0, 0.05) is 7.11 Å². The highest BCUT2D eigenvalue weighted by molar-refractivity contribution is 5.23. The van der Waals surface area contributed by atoms with Gasteiger partial charge in [-0.3, -0.25) is 0 Å². The molecule has 0 bridgehead atoms. The number of rotatable bonds is 3. The van der Waals surface area contributed by atoms with Crippen LogP contribution in [0.25, 0.3) is 0 Å². The fourth-order valence-electron chi connectivity index (χ4n) is 3.08. The van der Waals surface area contributed by atoms with Crippen molar-refractivity contribution in [1.82, 2.24) is 0 Å². The van der Waals surface area contributed by atoms with Gasteiger partial charge < -0.3 is 9.84 Å². The molecule has 1 N–H and O–H groups in total. The molecule has 1 saturated carbocycles. The quantitative estimate of drug-likeness (QED) is 0.909. The van der Waals surface area contributed by atoms with E-state index in [1.165, 1.54) is 6.07 Å². The fraction of sp³-hybridized carbons (Fsp3) is 0.600. The number of aliphatic hydroxyl groups is 1. The molecule has 106 valence electrons. The monoisotopic (exact) mass is 270 g/mol. The number of hydrogen-bond acceptors (Lipinski definition) is 2. The lowest BCUT2D eigenvalue weighted by Gasteiger charge is -2.42. The molecular formula is C15H20F2O2. The molecule has 1 aliphatic carbocycles. The lowest BCUT2D eigenvalue weighted by Crippen LogP contribution is -2.42. The Hall–Kier alpha value is -1.00. The first-order valence-electron chi connectivity index (χ1n) is 6.66. The summed E-state index contributed by atoms with van der Waals surface area (Å²) in [7, 11) is 1.57. The molecule has 0 amide bonds. The molecule has 3 atom stereocenters. The minimum atomic E-state index is -0.938. The second-order valence-corrected chi connectivity index (χ2v) is 5.55. The Kier molecular flexibility index (Phi) is 4.21. The summed E-state index contributed by atoms with van der Waals surface area (Å²) in [5, 5.41) is 10.5. The van der Waals surface area contributed by atoms with Gasteiger partial charge in [-0.05, 0) is 36.5 Å². The van der Waals surface area contributed by atoms with Crippen molar-refractivity contribution in [3.05, 3.63) is 35.4 Å². The average molecular weight is 270 g/mol. The van der Waals surface area contributed by atoms with Crippen LogP contribution in [0.2, 0.25) is 0 Å². The lowest BCUT2D eigenvalue weighted by molar-refractivity contribution is -0.134. The van der Waals surface area contributed by atoms with E-state index in [1.54, 1.807) is 7.11 Å². The van der Waals surface area contributed by atoms with E-state index in [2.05, 4.69) is 6.92 Å². The SMILES string of the molecule is COC1(C(O)c2ccc(F)c(F)c2)CCCC(C)C1. The molecule has 2 nitrogen and oxygen atoms in total. The van der Waals surface area contributed by atoms with Crippen LogP contribution in [0.1, 0.15) is 44.3 Å². The predicted molar refractivity (Wildman–Crippen MR) is 68.7 cm³/mol. The van der Waals surface area contributed by atoms with Crippen molar-refractivity contribution in [3.63, 3.8) is 0 Å². The highest BCUT2D eigenvalue weighted by Crippen LogP contribution is 2.43. The first-order chi connectivity index (χ1) is 8.98. The van der Waals surface area contributed by atoms with Gasteiger partial charge in [-0.2, -0.15) is 0 Å². The Labute approximate surface area is 112 Å². The van der Waals surface area contributed by atoms with Gasteiger partial charge in [0.1, 0.15) is 6.10 Å². The van der Waals surface area contributed by atoms with Crippen LogP contribution in [0, 0.1) is 17.6 Å². The van der Waals surface area contributed by atoms with Crippen molar-refractivity contribution in [2.24, 2.45) is 5.92 Å². The van der Waals surface area contributed by atoms with Gasteiger partial charge in [0.25, 0.3) is 0 Å². The first-order valence-corrected chi connectivity index (χ1v) is 6.66. The summed E-state index contributed by atoms with van der Waals surface area (Å²) in [6, 6.07) is 3.52. The second kappa shape index (κ2) is 5.55. The smallest absolute Gasteiger partial charge is 0.159 e. The zero-order valence-corrected chi connectivity index (χ0v) is 11.3. The summed E-state index contributed by atoms with van der Waals surface area (Å²) >= 11 is 0. The fourth-order valence-corrected chi connectivity index (χ4v) is 3.08. The molecule has 0 radical (unpaired) electrons. The van der Waals surface area contributed by atoms with Crippen LogP contribution in [0.5, 0.6) is 0 Å². The third-order valence-electron chi connectivity index (χ3n) is 4.16. The second-order valence-electron chi connectivity index (χ2n) is 5.55. The van der Waals surface area contributed by atoms with Crippen molar-refractivity contribution in [3.8, 4) is 0 Å². The van der Waals surface area contributed by atoms with E-state index in [4.69, 9.17) is 4.74 Å². The van der Waals surface area contributed by atoms with Crippen LogP contribution in [0.3, 0.4) is 0 Å². The van der Waals surface area contributed by atoms with Crippen LogP contribution in [0.4, 0.5) is 8.78 Å². The van der Waals surface area contributed by atoms with Crippen molar-refractivity contribution in [2.75, 3.05) is 7.11 Å². The largest absolute Gasteiger partial charge is 0.385 e. The van der Waals surface area contributed by atoms with Gasteiger partial charge in [-0.1, -0.05) is 25.8 Å². The van der Waals surface area contributed by atoms with Gasteiger partial charge in [-0.25, -0.2) is 8.78 Å². The molecule has 1 fully saturated rings. The van der Waals surface area contributed by atoms with E-state index in [9.17, 15) is 13.9 Å². The summed E-state index contributed by atoms with van der Waals surface area (Å²) in [6.07, 6.45) is 2.60. The number of benzene rings is 1. The Morgan fingerprint density at radius 1 is 1.37 bits per heavy atom. The zero-order chi connectivity index (χ0) is 14.0. The van der Waals surface area contributed by atoms with Crippen molar-refractivity contribution in [1.29, 1.82) is 0 Å². The van der Waals surface area contributed by atoms with Crippen molar-refractivity contribution < 1.29 is 18.6 Å². The van der Waals surface area contributed by atoms with E-state index in [1.807, 2.05) is 0 Å². The number of aliphatic hydroxyl groups excluding tert-OH is 1.